The lowest BCUT2D eigenvalue weighted by molar-refractivity contribution is -0.113. The largest absolute Gasteiger partial charge is 0.399 e. The van der Waals surface area contributed by atoms with Crippen molar-refractivity contribution >= 4 is 17.5 Å². The quantitative estimate of drug-likeness (QED) is 0.529. The Morgan fingerprint density at radius 3 is 2.46 bits per heavy atom. The van der Waals surface area contributed by atoms with Gasteiger partial charge in [-0.15, -0.1) is 0 Å². The molecule has 0 aliphatic carbocycles. The fourth-order valence-electron chi connectivity index (χ4n) is 0.864. The summed E-state index contributed by atoms with van der Waals surface area (Å²) in [7, 11) is 0. The van der Waals surface area contributed by atoms with Gasteiger partial charge in [0.2, 0.25) is 0 Å². The third-order valence-corrected chi connectivity index (χ3v) is 1.60. The number of benzene rings is 1. The van der Waals surface area contributed by atoms with E-state index in [4.69, 9.17) is 11.5 Å². The van der Waals surface area contributed by atoms with Crippen LogP contribution in [0.1, 0.15) is 5.56 Å². The number of rotatable bonds is 3. The molecule has 0 saturated heterocycles. The molecule has 0 fully saturated rings. The maximum atomic E-state index is 10.8. The Bertz CT molecular complexity index is 314. The van der Waals surface area contributed by atoms with Crippen molar-refractivity contribution in [2.75, 3.05) is 12.3 Å². The minimum Gasteiger partial charge on any atom is -0.399 e. The molecule has 13 heavy (non-hydrogen) atoms. The summed E-state index contributed by atoms with van der Waals surface area (Å²) >= 11 is 0. The summed E-state index contributed by atoms with van der Waals surface area (Å²) in [5.74, 6) is -0.0863. The van der Waals surface area contributed by atoms with Gasteiger partial charge in [-0.1, -0.05) is 18.2 Å². The first-order chi connectivity index (χ1) is 6.22. The molecule has 0 atom stereocenters. The Morgan fingerprint density at radius 1 is 1.31 bits per heavy atom. The molecule has 1 aromatic rings. The highest BCUT2D eigenvalue weighted by Gasteiger charge is 1.90. The second-order valence-corrected chi connectivity index (χ2v) is 2.67. The fraction of sp³-hybridized carbons (Fsp3) is 0.100. The fourth-order valence-corrected chi connectivity index (χ4v) is 0.864. The molecule has 0 radical (unpaired) electrons. The smallest absolute Gasteiger partial charge is 0.169 e. The maximum Gasteiger partial charge on any atom is 0.169 e. The molecule has 0 bridgehead atoms. The van der Waals surface area contributed by atoms with Crippen LogP contribution in [-0.4, -0.2) is 12.3 Å². The maximum absolute atomic E-state index is 10.8. The van der Waals surface area contributed by atoms with E-state index in [0.717, 1.165) is 5.56 Å². The van der Waals surface area contributed by atoms with Gasteiger partial charge in [-0.05, 0) is 23.8 Å². The third-order valence-electron chi connectivity index (χ3n) is 1.60. The van der Waals surface area contributed by atoms with Crippen molar-refractivity contribution < 1.29 is 4.79 Å². The van der Waals surface area contributed by atoms with E-state index in [-0.39, 0.29) is 12.3 Å². The molecule has 68 valence electrons. The Morgan fingerprint density at radius 2 is 1.92 bits per heavy atom. The molecular formula is C10H12N2O. The number of hydrogen-bond acceptors (Lipinski definition) is 3. The van der Waals surface area contributed by atoms with Gasteiger partial charge in [-0.2, -0.15) is 0 Å². The Labute approximate surface area is 77.0 Å². The van der Waals surface area contributed by atoms with Crippen LogP contribution >= 0.6 is 0 Å². The molecule has 0 aliphatic rings. The van der Waals surface area contributed by atoms with E-state index in [1.54, 1.807) is 18.2 Å². The molecule has 4 N–H and O–H groups in total. The van der Waals surface area contributed by atoms with Crippen LogP contribution in [0.3, 0.4) is 0 Å². The summed E-state index contributed by atoms with van der Waals surface area (Å²) in [5.41, 5.74) is 12.3. The van der Waals surface area contributed by atoms with Crippen molar-refractivity contribution in [3.8, 4) is 0 Å². The minimum atomic E-state index is -0.0863. The van der Waals surface area contributed by atoms with Gasteiger partial charge < -0.3 is 11.5 Å². The van der Waals surface area contributed by atoms with Crippen molar-refractivity contribution in [2.24, 2.45) is 5.73 Å². The van der Waals surface area contributed by atoms with Crippen LogP contribution in [0.4, 0.5) is 5.69 Å². The van der Waals surface area contributed by atoms with Crippen LogP contribution in [0.2, 0.25) is 0 Å². The van der Waals surface area contributed by atoms with Crippen LogP contribution in [-0.2, 0) is 4.79 Å². The zero-order valence-electron chi connectivity index (χ0n) is 7.23. The van der Waals surface area contributed by atoms with E-state index in [0.29, 0.717) is 5.69 Å². The Kier molecular flexibility index (Phi) is 3.23. The lowest BCUT2D eigenvalue weighted by Crippen LogP contribution is -2.09. The van der Waals surface area contributed by atoms with E-state index in [1.807, 2.05) is 12.1 Å². The summed E-state index contributed by atoms with van der Waals surface area (Å²) in [6.45, 7) is 0.0471. The number of nitrogens with two attached hydrogens (primary N) is 2. The zero-order chi connectivity index (χ0) is 9.68. The molecule has 0 heterocycles. The monoisotopic (exact) mass is 176 g/mol. The molecule has 0 saturated carbocycles. The van der Waals surface area contributed by atoms with Crippen molar-refractivity contribution in [1.82, 2.24) is 0 Å². The minimum absolute atomic E-state index is 0.0471. The highest BCUT2D eigenvalue weighted by atomic mass is 16.1. The highest BCUT2D eigenvalue weighted by molar-refractivity contribution is 5.94. The van der Waals surface area contributed by atoms with Gasteiger partial charge in [0.05, 0.1) is 6.54 Å². The number of carbonyl (C=O) groups is 1. The summed E-state index contributed by atoms with van der Waals surface area (Å²) < 4.78 is 0. The average molecular weight is 176 g/mol. The first-order valence-corrected chi connectivity index (χ1v) is 3.99. The number of nitrogen functional groups attached to an aromatic ring is 1. The number of carbonyl (C=O) groups excluding carboxylic acids is 1. The van der Waals surface area contributed by atoms with E-state index in [9.17, 15) is 4.79 Å². The standard InChI is InChI=1S/C10H12N2O/c11-7-10(13)6-3-8-1-4-9(12)5-2-8/h1-6H,7,11-12H2. The second-order valence-electron chi connectivity index (χ2n) is 2.67. The highest BCUT2D eigenvalue weighted by Crippen LogP contribution is 2.06. The van der Waals surface area contributed by atoms with Gasteiger partial charge in [0.15, 0.2) is 5.78 Å². The molecule has 0 amide bonds. The molecule has 0 unspecified atom stereocenters. The first kappa shape index (κ1) is 9.48. The average Bonchev–Trinajstić information content (AvgIpc) is 2.16. The van der Waals surface area contributed by atoms with Crippen LogP contribution in [0.5, 0.6) is 0 Å². The van der Waals surface area contributed by atoms with E-state index in [1.165, 1.54) is 6.08 Å². The van der Waals surface area contributed by atoms with E-state index < -0.39 is 0 Å². The van der Waals surface area contributed by atoms with E-state index in [2.05, 4.69) is 0 Å². The Hall–Kier alpha value is -1.61. The lowest BCUT2D eigenvalue weighted by atomic mass is 10.2. The van der Waals surface area contributed by atoms with Crippen LogP contribution in [0.25, 0.3) is 6.08 Å². The van der Waals surface area contributed by atoms with Gasteiger partial charge in [-0.25, -0.2) is 0 Å². The molecule has 3 nitrogen and oxygen atoms in total. The van der Waals surface area contributed by atoms with Gasteiger partial charge in [0, 0.05) is 5.69 Å². The molecule has 0 spiro atoms. The molecule has 0 aliphatic heterocycles. The molecule has 1 rings (SSSR count). The number of hydrogen-bond donors (Lipinski definition) is 2. The topological polar surface area (TPSA) is 69.1 Å². The predicted octanol–water partition coefficient (Wildman–Crippen LogP) is 0.810. The van der Waals surface area contributed by atoms with Crippen molar-refractivity contribution in [1.29, 1.82) is 0 Å². The van der Waals surface area contributed by atoms with Crippen molar-refractivity contribution in [3.05, 3.63) is 35.9 Å². The summed E-state index contributed by atoms with van der Waals surface area (Å²) in [6.07, 6.45) is 3.18. The van der Waals surface area contributed by atoms with Crippen molar-refractivity contribution in [3.63, 3.8) is 0 Å². The zero-order valence-corrected chi connectivity index (χ0v) is 7.23. The molecule has 3 heteroatoms. The molecule has 0 aromatic heterocycles. The van der Waals surface area contributed by atoms with Gasteiger partial charge >= 0.3 is 0 Å². The number of anilines is 1. The Balaban J connectivity index is 2.69. The SMILES string of the molecule is NCC(=O)C=Cc1ccc(N)cc1. The third kappa shape index (κ3) is 3.09. The van der Waals surface area contributed by atoms with Crippen molar-refractivity contribution in [2.45, 2.75) is 0 Å². The van der Waals surface area contributed by atoms with E-state index >= 15 is 0 Å². The van der Waals surface area contributed by atoms with Gasteiger partial charge in [-0.3, -0.25) is 4.79 Å². The molecular weight excluding hydrogens is 164 g/mol. The summed E-state index contributed by atoms with van der Waals surface area (Å²) in [4.78, 5) is 10.8. The van der Waals surface area contributed by atoms with Gasteiger partial charge in [0.25, 0.3) is 0 Å². The van der Waals surface area contributed by atoms with Gasteiger partial charge in [0.1, 0.15) is 0 Å². The summed E-state index contributed by atoms with van der Waals surface area (Å²) in [6, 6.07) is 7.25. The van der Waals surface area contributed by atoms with Crippen LogP contribution in [0, 0.1) is 0 Å². The molecule has 1 aromatic carbocycles. The summed E-state index contributed by atoms with van der Waals surface area (Å²) in [5, 5.41) is 0. The van der Waals surface area contributed by atoms with Crippen LogP contribution < -0.4 is 11.5 Å². The lowest BCUT2D eigenvalue weighted by Gasteiger charge is -1.93. The normalized spacial score (nSPS) is 10.5. The number of ketones is 1. The predicted molar refractivity (Wildman–Crippen MR) is 53.9 cm³/mol. The first-order valence-electron chi connectivity index (χ1n) is 3.99. The second kappa shape index (κ2) is 4.42. The van der Waals surface area contributed by atoms with Crippen LogP contribution in [0.15, 0.2) is 30.3 Å².